The Balaban J connectivity index is 1.94. The first-order chi connectivity index (χ1) is 14.6. The lowest BCUT2D eigenvalue weighted by Crippen LogP contribution is -2.37. The van der Waals surface area contributed by atoms with Crippen molar-refractivity contribution in [1.82, 2.24) is 15.3 Å². The number of fused-ring (bicyclic) bond motifs is 3. The van der Waals surface area contributed by atoms with E-state index in [1.807, 2.05) is 39.8 Å². The predicted molar refractivity (Wildman–Crippen MR) is 120 cm³/mol. The van der Waals surface area contributed by atoms with Gasteiger partial charge in [0.2, 0.25) is 5.88 Å². The zero-order chi connectivity index (χ0) is 22.8. The molecular formula is C22H27N3O5S. The van der Waals surface area contributed by atoms with E-state index < -0.39 is 17.7 Å². The van der Waals surface area contributed by atoms with E-state index >= 15 is 0 Å². The minimum atomic E-state index is -0.565. The Morgan fingerprint density at radius 3 is 2.61 bits per heavy atom. The average molecular weight is 446 g/mol. The number of carbonyl (C=O) groups is 2. The third-order valence-electron chi connectivity index (χ3n) is 4.61. The number of nitrogens with one attached hydrogen (secondary N) is 1. The Kier molecular flexibility index (Phi) is 6.64. The molecule has 0 aliphatic carbocycles. The normalized spacial score (nSPS) is 12.6. The highest BCUT2D eigenvalue weighted by molar-refractivity contribution is 7.21. The second-order valence-corrected chi connectivity index (χ2v) is 9.26. The van der Waals surface area contributed by atoms with Crippen LogP contribution in [0.25, 0.3) is 21.1 Å². The monoisotopic (exact) mass is 445 g/mol. The lowest BCUT2D eigenvalue weighted by molar-refractivity contribution is 0.0504. The zero-order valence-corrected chi connectivity index (χ0v) is 19.4. The van der Waals surface area contributed by atoms with Gasteiger partial charge in [0.15, 0.2) is 0 Å². The number of hydrogen-bond donors (Lipinski definition) is 1. The second kappa shape index (κ2) is 9.05. The summed E-state index contributed by atoms with van der Waals surface area (Å²) in [6.45, 7) is 7.36. The molecule has 1 amide bonds. The molecule has 1 N–H and O–H groups in total. The van der Waals surface area contributed by atoms with Crippen LogP contribution in [0.5, 0.6) is 5.88 Å². The van der Waals surface area contributed by atoms with Crippen molar-refractivity contribution in [1.29, 1.82) is 0 Å². The number of rotatable bonds is 6. The number of thiophene rings is 1. The number of benzene rings is 1. The fourth-order valence-electron chi connectivity index (χ4n) is 3.25. The number of amides is 1. The summed E-state index contributed by atoms with van der Waals surface area (Å²) in [6.07, 6.45) is 2.25. The van der Waals surface area contributed by atoms with Crippen LogP contribution in [0, 0.1) is 0 Å². The number of aryl methyl sites for hydroxylation is 1. The summed E-state index contributed by atoms with van der Waals surface area (Å²) in [5.41, 5.74) is 1.66. The Hall–Kier alpha value is -2.94. The van der Waals surface area contributed by atoms with Crippen molar-refractivity contribution in [2.24, 2.45) is 0 Å². The van der Waals surface area contributed by atoms with E-state index in [4.69, 9.17) is 14.2 Å². The van der Waals surface area contributed by atoms with Gasteiger partial charge in [-0.05, 0) is 58.2 Å². The van der Waals surface area contributed by atoms with Gasteiger partial charge in [0, 0.05) is 16.1 Å². The van der Waals surface area contributed by atoms with Crippen LogP contribution in [-0.4, -0.2) is 47.9 Å². The van der Waals surface area contributed by atoms with Gasteiger partial charge < -0.3 is 19.5 Å². The number of esters is 1. The van der Waals surface area contributed by atoms with E-state index in [1.165, 1.54) is 18.4 Å². The molecule has 9 heteroatoms. The first kappa shape index (κ1) is 22.7. The molecule has 2 aromatic heterocycles. The number of carbonyl (C=O) groups excluding carboxylic acids is 2. The first-order valence-corrected chi connectivity index (χ1v) is 10.8. The molecule has 31 heavy (non-hydrogen) atoms. The molecule has 1 unspecified atom stereocenters. The summed E-state index contributed by atoms with van der Waals surface area (Å²) in [7, 11) is 2.91. The summed E-state index contributed by atoms with van der Waals surface area (Å²) in [4.78, 5) is 34.1. The number of hydrogen-bond acceptors (Lipinski definition) is 8. The predicted octanol–water partition coefficient (Wildman–Crippen LogP) is 4.49. The molecule has 0 aliphatic heterocycles. The molecule has 0 aliphatic rings. The van der Waals surface area contributed by atoms with Crippen LogP contribution in [0.3, 0.4) is 0 Å². The molecule has 166 valence electrons. The maximum Gasteiger partial charge on any atom is 0.407 e. The highest BCUT2D eigenvalue weighted by Gasteiger charge is 2.23. The standard InChI is InChI=1S/C22H27N3O5S/c1-12(24-21(27)30-22(2,3)4)7-8-13-17-15(31-19(13)20(26)29-6)10-9-14-18(17)23-11-16(25-14)28-5/h9-12H,7-8H2,1-6H3,(H,24,27). The molecule has 0 spiro atoms. The molecule has 1 aromatic carbocycles. The minimum Gasteiger partial charge on any atom is -0.480 e. The molecule has 0 bridgehead atoms. The van der Waals surface area contributed by atoms with E-state index in [-0.39, 0.29) is 6.04 Å². The summed E-state index contributed by atoms with van der Waals surface area (Å²) in [5.74, 6) is 0.0329. The number of alkyl carbamates (subject to hydrolysis) is 1. The Morgan fingerprint density at radius 1 is 1.23 bits per heavy atom. The molecule has 0 radical (unpaired) electrons. The van der Waals surface area contributed by atoms with Crippen molar-refractivity contribution in [3.8, 4) is 5.88 Å². The lowest BCUT2D eigenvalue weighted by Gasteiger charge is -2.22. The van der Waals surface area contributed by atoms with Gasteiger partial charge in [0.05, 0.1) is 31.4 Å². The average Bonchev–Trinajstić information content (AvgIpc) is 3.08. The van der Waals surface area contributed by atoms with Gasteiger partial charge in [-0.1, -0.05) is 0 Å². The maximum absolute atomic E-state index is 12.5. The fraction of sp³-hybridized carbons (Fsp3) is 0.455. The van der Waals surface area contributed by atoms with Crippen molar-refractivity contribution in [3.05, 3.63) is 28.8 Å². The number of ether oxygens (including phenoxy) is 3. The molecule has 0 saturated carbocycles. The third-order valence-corrected chi connectivity index (χ3v) is 5.79. The topological polar surface area (TPSA) is 99.6 Å². The molecule has 0 fully saturated rings. The molecule has 3 aromatic rings. The quantitative estimate of drug-likeness (QED) is 0.558. The largest absolute Gasteiger partial charge is 0.480 e. The Bertz CT molecular complexity index is 1120. The third kappa shape index (κ3) is 5.22. The van der Waals surface area contributed by atoms with Crippen LogP contribution in [-0.2, 0) is 15.9 Å². The molecule has 1 atom stereocenters. The van der Waals surface area contributed by atoms with E-state index in [1.54, 1.807) is 13.3 Å². The van der Waals surface area contributed by atoms with Crippen LogP contribution in [0.2, 0.25) is 0 Å². The van der Waals surface area contributed by atoms with E-state index in [0.717, 1.165) is 15.6 Å². The molecule has 2 heterocycles. The van der Waals surface area contributed by atoms with Crippen LogP contribution < -0.4 is 10.1 Å². The molecule has 8 nitrogen and oxygen atoms in total. The SMILES string of the molecule is COC(=O)c1sc2ccc3nc(OC)cnc3c2c1CCC(C)NC(=O)OC(C)(C)C. The van der Waals surface area contributed by atoms with Crippen molar-refractivity contribution >= 4 is 44.5 Å². The van der Waals surface area contributed by atoms with Gasteiger partial charge in [-0.25, -0.2) is 19.6 Å². The van der Waals surface area contributed by atoms with Gasteiger partial charge >= 0.3 is 12.1 Å². The summed E-state index contributed by atoms with van der Waals surface area (Å²) < 4.78 is 16.4. The van der Waals surface area contributed by atoms with E-state index in [9.17, 15) is 9.59 Å². The highest BCUT2D eigenvalue weighted by Crippen LogP contribution is 2.37. The van der Waals surface area contributed by atoms with Gasteiger partial charge in [-0.2, -0.15) is 0 Å². The maximum atomic E-state index is 12.5. The highest BCUT2D eigenvalue weighted by atomic mass is 32.1. The van der Waals surface area contributed by atoms with Crippen molar-refractivity contribution in [3.63, 3.8) is 0 Å². The van der Waals surface area contributed by atoms with Crippen molar-refractivity contribution < 1.29 is 23.8 Å². The molecule has 3 rings (SSSR count). The van der Waals surface area contributed by atoms with E-state index in [0.29, 0.717) is 34.6 Å². The summed E-state index contributed by atoms with van der Waals surface area (Å²) in [6, 6.07) is 3.63. The van der Waals surface area contributed by atoms with E-state index in [2.05, 4.69) is 15.3 Å². The van der Waals surface area contributed by atoms with Gasteiger partial charge in [-0.3, -0.25) is 0 Å². The Labute approximate surface area is 184 Å². The second-order valence-electron chi connectivity index (χ2n) is 8.21. The molecule has 0 saturated heterocycles. The van der Waals surface area contributed by atoms with Crippen molar-refractivity contribution in [2.75, 3.05) is 14.2 Å². The number of methoxy groups -OCH3 is 2. The van der Waals surface area contributed by atoms with Gasteiger partial charge in [-0.15, -0.1) is 11.3 Å². The van der Waals surface area contributed by atoms with Crippen LogP contribution in [0.4, 0.5) is 4.79 Å². The van der Waals surface area contributed by atoms with Gasteiger partial charge in [0.25, 0.3) is 0 Å². The smallest absolute Gasteiger partial charge is 0.407 e. The van der Waals surface area contributed by atoms with Crippen molar-refractivity contribution in [2.45, 2.75) is 52.2 Å². The summed E-state index contributed by atoms with van der Waals surface area (Å²) in [5, 5.41) is 3.72. The summed E-state index contributed by atoms with van der Waals surface area (Å²) >= 11 is 1.37. The van der Waals surface area contributed by atoms with Crippen LogP contribution in [0.15, 0.2) is 18.3 Å². The fourth-order valence-corrected chi connectivity index (χ4v) is 4.42. The van der Waals surface area contributed by atoms with Gasteiger partial charge in [0.1, 0.15) is 10.5 Å². The van der Waals surface area contributed by atoms with Crippen LogP contribution in [0.1, 0.15) is 49.4 Å². The number of nitrogens with zero attached hydrogens (tertiary/aromatic N) is 2. The Morgan fingerprint density at radius 2 is 1.97 bits per heavy atom. The number of aromatic nitrogens is 2. The lowest BCUT2D eigenvalue weighted by atomic mass is 10.0. The minimum absolute atomic E-state index is 0.156. The molecular weight excluding hydrogens is 418 g/mol. The zero-order valence-electron chi connectivity index (χ0n) is 18.6. The first-order valence-electron chi connectivity index (χ1n) is 9.96. The van der Waals surface area contributed by atoms with Crippen LogP contribution >= 0.6 is 11.3 Å².